The fraction of sp³-hybridized carbons (Fsp3) is 0.366. The lowest BCUT2D eigenvalue weighted by atomic mass is 9.85. The number of halogens is 2. The molecule has 288 valence electrons. The molecule has 4 atom stereocenters. The van der Waals surface area contributed by atoms with E-state index in [0.29, 0.717) is 16.5 Å². The van der Waals surface area contributed by atoms with Gasteiger partial charge in [-0.25, -0.2) is 8.78 Å². The third-order valence-electron chi connectivity index (χ3n) is 10.4. The third-order valence-corrected chi connectivity index (χ3v) is 11.5. The summed E-state index contributed by atoms with van der Waals surface area (Å²) in [6.45, 7) is 2.14. The monoisotopic (exact) mass is 771 g/mol. The van der Waals surface area contributed by atoms with Gasteiger partial charge in [-0.1, -0.05) is 66.7 Å². The number of benzene rings is 3. The van der Waals surface area contributed by atoms with E-state index in [9.17, 15) is 37.5 Å². The third kappa shape index (κ3) is 9.07. The van der Waals surface area contributed by atoms with Crippen LogP contribution in [0.1, 0.15) is 78.2 Å². The van der Waals surface area contributed by atoms with Gasteiger partial charge in [-0.3, -0.25) is 28.8 Å². The summed E-state index contributed by atoms with van der Waals surface area (Å²) in [5.74, 6) is -6.46. The average Bonchev–Trinajstić information content (AvgIpc) is 3.76. The molecule has 2 saturated heterocycles. The molecule has 11 nitrogen and oxygen atoms in total. The number of rotatable bonds is 13. The van der Waals surface area contributed by atoms with Crippen molar-refractivity contribution in [3.05, 3.63) is 106 Å². The summed E-state index contributed by atoms with van der Waals surface area (Å²) < 4.78 is 28.6. The molecule has 5 amide bonds. The van der Waals surface area contributed by atoms with Gasteiger partial charge in [0.1, 0.15) is 12.1 Å². The summed E-state index contributed by atoms with van der Waals surface area (Å²) in [7, 11) is 0. The molecule has 0 spiro atoms. The van der Waals surface area contributed by atoms with Gasteiger partial charge < -0.3 is 26.2 Å². The molecule has 4 N–H and O–H groups in total. The van der Waals surface area contributed by atoms with Crippen LogP contribution in [0.25, 0.3) is 10.1 Å². The number of hydrogen-bond donors (Lipinski definition) is 3. The number of carbonyl (C=O) groups excluding carboxylic acids is 6. The van der Waals surface area contributed by atoms with Crippen LogP contribution in [0.4, 0.5) is 8.78 Å². The molecule has 55 heavy (non-hydrogen) atoms. The van der Waals surface area contributed by atoms with E-state index in [-0.39, 0.29) is 66.8 Å². The molecule has 6 rings (SSSR count). The van der Waals surface area contributed by atoms with Crippen LogP contribution in [-0.4, -0.2) is 82.4 Å². The topological polar surface area (TPSA) is 159 Å². The van der Waals surface area contributed by atoms with Gasteiger partial charge in [-0.15, -0.1) is 11.3 Å². The molecule has 0 aliphatic carbocycles. The Labute approximate surface area is 321 Å². The largest absolute Gasteiger partial charge is 0.370 e. The van der Waals surface area contributed by atoms with Crippen LogP contribution in [0.2, 0.25) is 0 Å². The molecule has 2 aliphatic heterocycles. The van der Waals surface area contributed by atoms with Crippen LogP contribution in [0.3, 0.4) is 0 Å². The van der Waals surface area contributed by atoms with Crippen molar-refractivity contribution < 1.29 is 37.5 Å². The smallest absolute Gasteiger partial charge is 0.270 e. The van der Waals surface area contributed by atoms with Gasteiger partial charge in [-0.2, -0.15) is 0 Å². The minimum absolute atomic E-state index is 0.0231. The molecule has 3 aromatic carbocycles. The minimum Gasteiger partial charge on any atom is -0.370 e. The molecule has 4 aromatic rings. The first-order valence-electron chi connectivity index (χ1n) is 18.2. The van der Waals surface area contributed by atoms with Crippen LogP contribution < -0.4 is 16.4 Å². The number of ketones is 1. The Morgan fingerprint density at radius 3 is 2.18 bits per heavy atom. The van der Waals surface area contributed by atoms with Crippen LogP contribution in [0.15, 0.2) is 84.9 Å². The molecule has 0 bridgehead atoms. The Kier molecular flexibility index (Phi) is 11.7. The second-order valence-electron chi connectivity index (χ2n) is 14.3. The van der Waals surface area contributed by atoms with Crippen LogP contribution in [0.5, 0.6) is 0 Å². The van der Waals surface area contributed by atoms with Crippen LogP contribution >= 0.6 is 11.3 Å². The number of nitrogens with zero attached hydrogens (tertiary/aromatic N) is 2. The van der Waals surface area contributed by atoms with Crippen molar-refractivity contribution in [1.82, 2.24) is 20.4 Å². The number of nitrogens with one attached hydrogen (secondary N) is 2. The number of thiophene rings is 1. The van der Waals surface area contributed by atoms with Gasteiger partial charge in [-0.05, 0) is 54.0 Å². The fourth-order valence-corrected chi connectivity index (χ4v) is 8.44. The normalized spacial score (nSPS) is 19.1. The van der Waals surface area contributed by atoms with E-state index in [1.165, 1.54) is 41.0 Å². The van der Waals surface area contributed by atoms with Gasteiger partial charge >= 0.3 is 0 Å². The number of amides is 5. The molecule has 2 aliphatic rings. The number of Topliss-reactive ketones (excluding diaryl/α,β-unsaturated/α-hetero) is 1. The number of carbonyl (C=O) groups is 6. The highest BCUT2D eigenvalue weighted by molar-refractivity contribution is 7.20. The van der Waals surface area contributed by atoms with E-state index in [1.54, 1.807) is 0 Å². The highest BCUT2D eigenvalue weighted by atomic mass is 32.1. The van der Waals surface area contributed by atoms with Gasteiger partial charge in [0.15, 0.2) is 5.78 Å². The van der Waals surface area contributed by atoms with Gasteiger partial charge in [0.05, 0.1) is 17.0 Å². The zero-order valence-corrected chi connectivity index (χ0v) is 31.3. The van der Waals surface area contributed by atoms with Crippen molar-refractivity contribution >= 4 is 56.7 Å². The molecule has 3 heterocycles. The Bertz CT molecular complexity index is 2050. The molecular weight excluding hydrogens is 729 g/mol. The molecular formula is C41H43F2N5O6S. The first-order valence-corrected chi connectivity index (χ1v) is 19.0. The number of fused-ring (bicyclic) bond motifs is 2. The van der Waals surface area contributed by atoms with Gasteiger partial charge in [0.25, 0.3) is 11.8 Å². The fourth-order valence-electron chi connectivity index (χ4n) is 7.49. The SMILES string of the molecule is CC(=O)N1C[C@H]2CC[C@@H](C(=O)N[C@@H](CCC(N)=O)C(=O)CC(c3ccccc3)c3ccccc3)N2C(=O)[C@@H](NC(=O)c2cc3cc(C(C)(F)F)ccc3s2)C1. The summed E-state index contributed by atoms with van der Waals surface area (Å²) in [4.78, 5) is 83.6. The maximum atomic E-state index is 14.3. The Hall–Kier alpha value is -5.50. The Balaban J connectivity index is 1.22. The average molecular weight is 772 g/mol. The number of hydrogen-bond acceptors (Lipinski definition) is 7. The highest BCUT2D eigenvalue weighted by Gasteiger charge is 2.47. The predicted octanol–water partition coefficient (Wildman–Crippen LogP) is 4.87. The summed E-state index contributed by atoms with van der Waals surface area (Å²) >= 11 is 1.08. The first kappa shape index (κ1) is 39.2. The molecule has 1 aromatic heterocycles. The summed E-state index contributed by atoms with van der Waals surface area (Å²) in [5, 5.41) is 6.01. The second-order valence-corrected chi connectivity index (χ2v) is 15.4. The van der Waals surface area contributed by atoms with Crippen molar-refractivity contribution in [2.45, 2.75) is 82.0 Å². The van der Waals surface area contributed by atoms with E-state index in [1.807, 2.05) is 60.7 Å². The minimum atomic E-state index is -3.07. The number of alkyl halides is 2. The lowest BCUT2D eigenvalue weighted by Crippen LogP contribution is -2.57. The van der Waals surface area contributed by atoms with Crippen molar-refractivity contribution in [1.29, 1.82) is 0 Å². The summed E-state index contributed by atoms with van der Waals surface area (Å²) in [5.41, 5.74) is 7.08. The zero-order chi connectivity index (χ0) is 39.4. The molecule has 14 heteroatoms. The van der Waals surface area contributed by atoms with Crippen molar-refractivity contribution in [3.8, 4) is 0 Å². The maximum Gasteiger partial charge on any atom is 0.270 e. The Morgan fingerprint density at radius 2 is 1.58 bits per heavy atom. The van der Waals surface area contributed by atoms with Crippen LogP contribution in [0, 0.1) is 0 Å². The summed E-state index contributed by atoms with van der Waals surface area (Å²) in [6.07, 6.45) is 0.455. The molecule has 0 unspecified atom stereocenters. The lowest BCUT2D eigenvalue weighted by molar-refractivity contribution is -0.141. The van der Waals surface area contributed by atoms with E-state index >= 15 is 0 Å². The highest BCUT2D eigenvalue weighted by Crippen LogP contribution is 2.34. The quantitative estimate of drug-likeness (QED) is 0.176. The van der Waals surface area contributed by atoms with E-state index < -0.39 is 53.7 Å². The van der Waals surface area contributed by atoms with Gasteiger partial charge in [0.2, 0.25) is 23.6 Å². The molecule has 2 fully saturated rings. The van der Waals surface area contributed by atoms with Crippen LogP contribution in [-0.2, 0) is 29.9 Å². The van der Waals surface area contributed by atoms with E-state index in [0.717, 1.165) is 29.4 Å². The lowest BCUT2D eigenvalue weighted by Gasteiger charge is -2.31. The van der Waals surface area contributed by atoms with E-state index in [2.05, 4.69) is 10.6 Å². The standard InChI is InChI=1S/C41H43F2N5O6S/c1-24(49)47-22-29-14-16-33(48(29)40(54)32(23-47)46-39(53)36-20-27-19-28(41(2,42)43)13-17-35(27)55-36)38(52)45-31(15-18-37(44)51)34(50)21-30(25-9-5-3-6-10-25)26-11-7-4-8-12-26/h3-13,17,19-20,29-33H,14-16,18,21-23H2,1-2H3,(H2,44,51)(H,45,52)(H,46,53)/t29-,31+,32+,33+/m1/s1. The van der Waals surface area contributed by atoms with E-state index in [4.69, 9.17) is 5.73 Å². The second kappa shape index (κ2) is 16.5. The Morgan fingerprint density at radius 1 is 0.927 bits per heavy atom. The zero-order valence-electron chi connectivity index (χ0n) is 30.5. The predicted molar refractivity (Wildman–Crippen MR) is 203 cm³/mol. The number of nitrogens with two attached hydrogens (primary N) is 1. The van der Waals surface area contributed by atoms with Crippen molar-refractivity contribution in [2.75, 3.05) is 13.1 Å². The maximum absolute atomic E-state index is 14.3. The van der Waals surface area contributed by atoms with Crippen molar-refractivity contribution in [2.24, 2.45) is 5.73 Å². The first-order chi connectivity index (χ1) is 26.2. The summed E-state index contributed by atoms with van der Waals surface area (Å²) in [6, 6.07) is 20.7. The molecule has 0 radical (unpaired) electrons. The number of primary amides is 1. The van der Waals surface area contributed by atoms with Crippen molar-refractivity contribution in [3.63, 3.8) is 0 Å². The molecule has 0 saturated carbocycles. The van der Waals surface area contributed by atoms with Gasteiger partial charge in [0, 0.05) is 56.0 Å².